The molecule has 0 amide bonds. The van der Waals surface area contributed by atoms with Gasteiger partial charge in [0, 0.05) is 11.4 Å². The lowest BCUT2D eigenvalue weighted by molar-refractivity contribution is 0.633. The van der Waals surface area contributed by atoms with Crippen molar-refractivity contribution in [2.24, 2.45) is 0 Å². The number of hydrogen-bond donors (Lipinski definition) is 1. The molecule has 1 aliphatic heterocycles. The van der Waals surface area contributed by atoms with Crippen molar-refractivity contribution in [2.75, 3.05) is 17.2 Å². The summed E-state index contributed by atoms with van der Waals surface area (Å²) in [7, 11) is 0. The molecule has 1 aromatic carbocycles. The number of halogens is 1. The van der Waals surface area contributed by atoms with Crippen LogP contribution in [0.3, 0.4) is 0 Å². The van der Waals surface area contributed by atoms with E-state index in [2.05, 4.69) is 11.2 Å². The van der Waals surface area contributed by atoms with Crippen molar-refractivity contribution >= 4 is 33.6 Å². The van der Waals surface area contributed by atoms with Crippen LogP contribution in [0.15, 0.2) is 41.3 Å². The minimum atomic E-state index is -0.313. The lowest BCUT2D eigenvalue weighted by Gasteiger charge is -2.29. The summed E-state index contributed by atoms with van der Waals surface area (Å²) in [5.41, 5.74) is 8.82. The van der Waals surface area contributed by atoms with Gasteiger partial charge in [-0.25, -0.2) is 4.68 Å². The van der Waals surface area contributed by atoms with E-state index in [4.69, 9.17) is 17.3 Å². The minimum absolute atomic E-state index is 0.161. The van der Waals surface area contributed by atoms with Gasteiger partial charge in [0.25, 0.3) is 5.56 Å². The number of nitrogens with zero attached hydrogens (tertiary/aromatic N) is 4. The van der Waals surface area contributed by atoms with Crippen LogP contribution in [-0.2, 0) is 19.5 Å². The maximum Gasteiger partial charge on any atom is 0.287 e. The largest absolute Gasteiger partial charge is 0.389 e. The smallest absolute Gasteiger partial charge is 0.287 e. The van der Waals surface area contributed by atoms with E-state index in [1.165, 1.54) is 16.0 Å². The molecule has 0 unspecified atom stereocenters. The number of nitrogen functional groups attached to an aromatic ring is 1. The predicted molar refractivity (Wildman–Crippen MR) is 107 cm³/mol. The van der Waals surface area contributed by atoms with Gasteiger partial charge in [-0.15, -0.1) is 11.3 Å². The molecule has 0 fully saturated rings. The summed E-state index contributed by atoms with van der Waals surface area (Å²) in [6, 6.07) is 11.8. The molecule has 3 heterocycles. The predicted octanol–water partition coefficient (Wildman–Crippen LogP) is 3.02. The van der Waals surface area contributed by atoms with Crippen LogP contribution >= 0.6 is 22.9 Å². The van der Waals surface area contributed by atoms with Gasteiger partial charge in [0.2, 0.25) is 0 Å². The van der Waals surface area contributed by atoms with Gasteiger partial charge in [-0.3, -0.25) is 4.79 Å². The molecule has 0 aliphatic carbocycles. The third kappa shape index (κ3) is 3.18. The fourth-order valence-electron chi connectivity index (χ4n) is 3.30. The molecule has 0 spiro atoms. The third-order valence-corrected chi connectivity index (χ3v) is 6.08. The highest BCUT2D eigenvalue weighted by atomic mass is 35.5. The summed E-state index contributed by atoms with van der Waals surface area (Å²) >= 11 is 7.82. The van der Waals surface area contributed by atoms with Crippen molar-refractivity contribution < 1.29 is 0 Å². The first kappa shape index (κ1) is 17.6. The Labute approximate surface area is 165 Å². The molecule has 0 saturated heterocycles. The SMILES string of the molecule is N#Cc1c(N)sc2c1CCN(c1cnn(Cc3ccccc3)c(=O)c1Cl)C2. The van der Waals surface area contributed by atoms with E-state index in [-0.39, 0.29) is 10.6 Å². The van der Waals surface area contributed by atoms with Crippen molar-refractivity contribution in [1.29, 1.82) is 5.26 Å². The van der Waals surface area contributed by atoms with E-state index in [1.54, 1.807) is 6.20 Å². The normalized spacial score (nSPS) is 13.3. The molecule has 8 heteroatoms. The lowest BCUT2D eigenvalue weighted by Crippen LogP contribution is -2.33. The molecule has 1 aliphatic rings. The van der Waals surface area contributed by atoms with Crippen molar-refractivity contribution in [3.8, 4) is 6.07 Å². The Hall–Kier alpha value is -2.82. The van der Waals surface area contributed by atoms with Gasteiger partial charge >= 0.3 is 0 Å². The fraction of sp³-hybridized carbons (Fsp3) is 0.211. The summed E-state index contributed by atoms with van der Waals surface area (Å²) in [4.78, 5) is 15.7. The Morgan fingerprint density at radius 1 is 1.33 bits per heavy atom. The van der Waals surface area contributed by atoms with Crippen LogP contribution in [-0.4, -0.2) is 16.3 Å². The van der Waals surface area contributed by atoms with Gasteiger partial charge < -0.3 is 10.6 Å². The number of rotatable bonds is 3. The average Bonchev–Trinajstić information content (AvgIpc) is 3.00. The van der Waals surface area contributed by atoms with E-state index in [9.17, 15) is 10.1 Å². The Balaban J connectivity index is 1.62. The zero-order chi connectivity index (χ0) is 19.0. The van der Waals surface area contributed by atoms with Gasteiger partial charge in [-0.05, 0) is 17.5 Å². The summed E-state index contributed by atoms with van der Waals surface area (Å²) in [5.74, 6) is 0. The molecule has 0 atom stereocenters. The minimum Gasteiger partial charge on any atom is -0.389 e. The highest BCUT2D eigenvalue weighted by Crippen LogP contribution is 2.36. The van der Waals surface area contributed by atoms with Crippen molar-refractivity contribution in [2.45, 2.75) is 19.5 Å². The molecule has 4 rings (SSSR count). The number of hydrogen-bond acceptors (Lipinski definition) is 6. The summed E-state index contributed by atoms with van der Waals surface area (Å²) < 4.78 is 1.37. The molecule has 0 bridgehead atoms. The van der Waals surface area contributed by atoms with Crippen LogP contribution in [0.5, 0.6) is 0 Å². The Bertz CT molecular complexity index is 1100. The topological polar surface area (TPSA) is 87.9 Å². The highest BCUT2D eigenvalue weighted by molar-refractivity contribution is 7.16. The first-order valence-electron chi connectivity index (χ1n) is 8.43. The van der Waals surface area contributed by atoms with Crippen molar-refractivity contribution in [3.63, 3.8) is 0 Å². The monoisotopic (exact) mass is 397 g/mol. The maximum absolute atomic E-state index is 12.7. The van der Waals surface area contributed by atoms with Gasteiger partial charge in [-0.2, -0.15) is 10.4 Å². The van der Waals surface area contributed by atoms with E-state index in [1.807, 2.05) is 35.2 Å². The van der Waals surface area contributed by atoms with Crippen molar-refractivity contribution in [3.05, 3.63) is 73.5 Å². The number of fused-ring (bicyclic) bond motifs is 1. The first-order chi connectivity index (χ1) is 13.1. The zero-order valence-corrected chi connectivity index (χ0v) is 15.9. The molecule has 136 valence electrons. The Morgan fingerprint density at radius 3 is 2.85 bits per heavy atom. The average molecular weight is 398 g/mol. The second-order valence-corrected chi connectivity index (χ2v) is 7.83. The summed E-state index contributed by atoms with van der Waals surface area (Å²) in [6.07, 6.45) is 2.33. The summed E-state index contributed by atoms with van der Waals surface area (Å²) in [5, 5.41) is 14.3. The Morgan fingerprint density at radius 2 is 2.11 bits per heavy atom. The zero-order valence-electron chi connectivity index (χ0n) is 14.4. The van der Waals surface area contributed by atoms with Crippen LogP contribution in [0.25, 0.3) is 0 Å². The van der Waals surface area contributed by atoms with Gasteiger partial charge in [-0.1, -0.05) is 41.9 Å². The highest BCUT2D eigenvalue weighted by Gasteiger charge is 2.26. The van der Waals surface area contributed by atoms with E-state index in [0.717, 1.165) is 16.0 Å². The molecular formula is C19H16ClN5OS. The molecule has 0 radical (unpaired) electrons. The van der Waals surface area contributed by atoms with Gasteiger partial charge in [0.05, 0.1) is 30.5 Å². The molecular weight excluding hydrogens is 382 g/mol. The molecule has 2 N–H and O–H groups in total. The van der Waals surface area contributed by atoms with Gasteiger partial charge in [0.15, 0.2) is 0 Å². The number of thiophene rings is 1. The van der Waals surface area contributed by atoms with Crippen LogP contribution in [0.4, 0.5) is 10.7 Å². The second-order valence-electron chi connectivity index (χ2n) is 6.32. The second kappa shape index (κ2) is 7.06. The number of aromatic nitrogens is 2. The first-order valence-corrected chi connectivity index (χ1v) is 9.62. The lowest BCUT2D eigenvalue weighted by atomic mass is 10.0. The van der Waals surface area contributed by atoms with Crippen LogP contribution < -0.4 is 16.2 Å². The fourth-order valence-corrected chi connectivity index (χ4v) is 4.65. The third-order valence-electron chi connectivity index (χ3n) is 4.68. The standard InChI is InChI=1S/C19H16ClN5OS/c20-17-15(9-23-25(19(17)26)10-12-4-2-1-3-5-12)24-7-6-13-14(8-21)18(22)27-16(13)11-24/h1-5,9H,6-7,10-11,22H2. The van der Waals surface area contributed by atoms with Crippen molar-refractivity contribution in [1.82, 2.24) is 9.78 Å². The van der Waals surface area contributed by atoms with E-state index >= 15 is 0 Å². The molecule has 0 saturated carbocycles. The molecule has 2 aromatic heterocycles. The van der Waals surface area contributed by atoms with Crippen LogP contribution in [0.2, 0.25) is 5.02 Å². The quantitative estimate of drug-likeness (QED) is 0.733. The summed E-state index contributed by atoms with van der Waals surface area (Å²) in [6.45, 7) is 1.59. The molecule has 3 aromatic rings. The Kier molecular flexibility index (Phi) is 4.60. The van der Waals surface area contributed by atoms with E-state index in [0.29, 0.717) is 42.3 Å². The number of nitrogens with two attached hydrogens (primary N) is 1. The molecule has 27 heavy (non-hydrogen) atoms. The van der Waals surface area contributed by atoms with E-state index < -0.39 is 0 Å². The number of anilines is 2. The number of benzene rings is 1. The number of nitriles is 1. The van der Waals surface area contributed by atoms with Crippen LogP contribution in [0.1, 0.15) is 21.6 Å². The van der Waals surface area contributed by atoms with Gasteiger partial charge in [0.1, 0.15) is 16.1 Å². The maximum atomic E-state index is 12.7. The van der Waals surface area contributed by atoms with Crippen LogP contribution in [0, 0.1) is 11.3 Å². The molecule has 6 nitrogen and oxygen atoms in total.